The molecule has 0 fully saturated rings. The number of carbonyl (C=O) groups excluding carboxylic acids is 2. The first-order valence-corrected chi connectivity index (χ1v) is 5.38. The second kappa shape index (κ2) is 3.78. The van der Waals surface area contributed by atoms with Crippen LogP contribution in [0.3, 0.4) is 0 Å². The molecule has 1 aliphatic carbocycles. The summed E-state index contributed by atoms with van der Waals surface area (Å²) in [6.07, 6.45) is 0. The van der Waals surface area contributed by atoms with Crippen LogP contribution in [-0.2, 0) is 0 Å². The van der Waals surface area contributed by atoms with E-state index in [1.807, 2.05) is 0 Å². The van der Waals surface area contributed by atoms with Gasteiger partial charge in [0.15, 0.2) is 5.78 Å². The summed E-state index contributed by atoms with van der Waals surface area (Å²) >= 11 is 0. The lowest BCUT2D eigenvalue weighted by molar-refractivity contribution is 0.0969. The normalized spacial score (nSPS) is 13.2. The average Bonchev–Trinajstić information content (AvgIpc) is 2.38. The van der Waals surface area contributed by atoms with Crippen LogP contribution in [0.4, 0.5) is 13.2 Å². The van der Waals surface area contributed by atoms with Crippen molar-refractivity contribution in [3.05, 3.63) is 70.0 Å². The quantitative estimate of drug-likeness (QED) is 0.624. The van der Waals surface area contributed by atoms with Gasteiger partial charge in [-0.15, -0.1) is 0 Å². The lowest BCUT2D eigenvalue weighted by Crippen LogP contribution is -2.25. The maximum absolute atomic E-state index is 13.6. The van der Waals surface area contributed by atoms with Crippen molar-refractivity contribution < 1.29 is 22.8 Å². The second-order valence-corrected chi connectivity index (χ2v) is 4.10. The van der Waals surface area contributed by atoms with Crippen LogP contribution in [0, 0.1) is 17.5 Å². The summed E-state index contributed by atoms with van der Waals surface area (Å²) in [6.45, 7) is 0. The highest BCUT2D eigenvalue weighted by Gasteiger charge is 2.36. The molecule has 0 saturated heterocycles. The second-order valence-electron chi connectivity index (χ2n) is 4.10. The van der Waals surface area contributed by atoms with E-state index in [1.165, 1.54) is 12.1 Å². The van der Waals surface area contributed by atoms with Gasteiger partial charge in [0.1, 0.15) is 17.5 Å². The molecule has 1 aliphatic rings. The number of hydrogen-bond donors (Lipinski definition) is 0. The van der Waals surface area contributed by atoms with E-state index in [9.17, 15) is 22.8 Å². The predicted molar refractivity (Wildman–Crippen MR) is 59.6 cm³/mol. The van der Waals surface area contributed by atoms with E-state index in [0.29, 0.717) is 0 Å². The van der Waals surface area contributed by atoms with Crippen LogP contribution in [0.1, 0.15) is 31.8 Å². The Morgan fingerprint density at radius 3 is 1.79 bits per heavy atom. The van der Waals surface area contributed by atoms with E-state index in [4.69, 9.17) is 0 Å². The van der Waals surface area contributed by atoms with Crippen molar-refractivity contribution in [2.45, 2.75) is 0 Å². The van der Waals surface area contributed by atoms with Crippen molar-refractivity contribution in [2.24, 2.45) is 0 Å². The molecule has 0 atom stereocenters. The van der Waals surface area contributed by atoms with Gasteiger partial charge in [-0.25, -0.2) is 13.2 Å². The smallest absolute Gasteiger partial charge is 0.200 e. The summed E-state index contributed by atoms with van der Waals surface area (Å²) in [7, 11) is 0. The first-order chi connectivity index (χ1) is 9.02. The van der Waals surface area contributed by atoms with Gasteiger partial charge in [-0.1, -0.05) is 12.1 Å². The van der Waals surface area contributed by atoms with Crippen LogP contribution < -0.4 is 0 Å². The molecule has 0 N–H and O–H groups in total. The lowest BCUT2D eigenvalue weighted by Gasteiger charge is -2.18. The van der Waals surface area contributed by atoms with Crippen LogP contribution in [0.25, 0.3) is 0 Å². The zero-order chi connectivity index (χ0) is 13.7. The number of benzene rings is 2. The van der Waals surface area contributed by atoms with Crippen molar-refractivity contribution in [1.29, 1.82) is 0 Å². The fourth-order valence-corrected chi connectivity index (χ4v) is 2.20. The molecule has 0 unspecified atom stereocenters. The van der Waals surface area contributed by atoms with Gasteiger partial charge < -0.3 is 0 Å². The number of halogens is 3. The largest absolute Gasteiger partial charge is 0.288 e. The van der Waals surface area contributed by atoms with Gasteiger partial charge in [0.05, 0.1) is 16.7 Å². The highest BCUT2D eigenvalue weighted by atomic mass is 19.1. The van der Waals surface area contributed by atoms with E-state index >= 15 is 0 Å². The minimum atomic E-state index is -1.04. The number of rotatable bonds is 0. The molecular weight excluding hydrogens is 257 g/mol. The summed E-state index contributed by atoms with van der Waals surface area (Å²) in [4.78, 5) is 24.1. The zero-order valence-corrected chi connectivity index (χ0v) is 9.34. The lowest BCUT2D eigenvalue weighted by atomic mass is 9.83. The zero-order valence-electron chi connectivity index (χ0n) is 9.34. The van der Waals surface area contributed by atoms with E-state index in [1.54, 1.807) is 0 Å². The van der Waals surface area contributed by atoms with Crippen LogP contribution >= 0.6 is 0 Å². The number of fused-ring (bicyclic) bond motifs is 2. The van der Waals surface area contributed by atoms with E-state index in [0.717, 1.165) is 18.2 Å². The van der Waals surface area contributed by atoms with E-state index in [-0.39, 0.29) is 5.56 Å². The van der Waals surface area contributed by atoms with Crippen LogP contribution in [0.5, 0.6) is 0 Å². The third kappa shape index (κ3) is 1.44. The molecule has 2 nitrogen and oxygen atoms in total. The molecule has 0 amide bonds. The van der Waals surface area contributed by atoms with Crippen molar-refractivity contribution in [1.82, 2.24) is 0 Å². The maximum atomic E-state index is 13.6. The molecule has 0 radical (unpaired) electrons. The summed E-state index contributed by atoms with van der Waals surface area (Å²) in [6, 6.07) is 4.95. The Morgan fingerprint density at radius 1 is 0.632 bits per heavy atom. The highest BCUT2D eigenvalue weighted by molar-refractivity contribution is 6.28. The SMILES string of the molecule is O=C1c2cccc(F)c2C(=O)c2c(F)ccc(F)c21. The molecule has 0 bridgehead atoms. The molecule has 0 spiro atoms. The Bertz CT molecular complexity index is 751. The topological polar surface area (TPSA) is 34.1 Å². The van der Waals surface area contributed by atoms with Crippen molar-refractivity contribution in [3.8, 4) is 0 Å². The molecule has 2 aromatic carbocycles. The summed E-state index contributed by atoms with van der Waals surface area (Å²) in [5.74, 6) is -4.86. The fraction of sp³-hybridized carbons (Fsp3) is 0. The number of ketones is 2. The van der Waals surface area contributed by atoms with Crippen molar-refractivity contribution >= 4 is 11.6 Å². The van der Waals surface area contributed by atoms with E-state index in [2.05, 4.69) is 0 Å². The van der Waals surface area contributed by atoms with Gasteiger partial charge >= 0.3 is 0 Å². The molecule has 3 rings (SSSR count). The fourth-order valence-electron chi connectivity index (χ4n) is 2.20. The number of hydrogen-bond acceptors (Lipinski definition) is 2. The molecule has 2 aromatic rings. The molecule has 5 heteroatoms. The third-order valence-corrected chi connectivity index (χ3v) is 3.04. The van der Waals surface area contributed by atoms with Crippen LogP contribution in [0.15, 0.2) is 30.3 Å². The minimum absolute atomic E-state index is 0.248. The number of carbonyl (C=O) groups is 2. The minimum Gasteiger partial charge on any atom is -0.288 e. The van der Waals surface area contributed by atoms with Gasteiger partial charge in [-0.2, -0.15) is 0 Å². The Morgan fingerprint density at radius 2 is 1.16 bits per heavy atom. The van der Waals surface area contributed by atoms with Gasteiger partial charge in [0.25, 0.3) is 0 Å². The van der Waals surface area contributed by atoms with E-state index < -0.39 is 45.7 Å². The molecule has 0 heterocycles. The van der Waals surface area contributed by atoms with Crippen molar-refractivity contribution in [2.75, 3.05) is 0 Å². The van der Waals surface area contributed by atoms with Gasteiger partial charge in [-0.05, 0) is 18.2 Å². The first kappa shape index (κ1) is 11.6. The molecule has 94 valence electrons. The molecule has 0 aromatic heterocycles. The first-order valence-electron chi connectivity index (χ1n) is 5.38. The van der Waals surface area contributed by atoms with Gasteiger partial charge in [0.2, 0.25) is 5.78 Å². The standard InChI is InChI=1S/C14H5F3O2/c15-7-3-1-2-6-10(7)14(19)12-9(17)5-4-8(16)11(12)13(6)18/h1-5H. The Labute approximate surface area is 105 Å². The monoisotopic (exact) mass is 262 g/mol. The Kier molecular flexibility index (Phi) is 2.32. The molecule has 0 saturated carbocycles. The highest BCUT2D eigenvalue weighted by Crippen LogP contribution is 2.31. The maximum Gasteiger partial charge on any atom is 0.200 e. The van der Waals surface area contributed by atoms with Gasteiger partial charge in [-0.3, -0.25) is 9.59 Å². The third-order valence-electron chi connectivity index (χ3n) is 3.04. The Balaban J connectivity index is 2.43. The summed E-state index contributed by atoms with van der Waals surface area (Å²) < 4.78 is 40.9. The summed E-state index contributed by atoms with van der Waals surface area (Å²) in [5.41, 5.74) is -2.10. The van der Waals surface area contributed by atoms with Crippen LogP contribution in [0.2, 0.25) is 0 Å². The average molecular weight is 262 g/mol. The summed E-state index contributed by atoms with van der Waals surface area (Å²) in [5, 5.41) is 0. The predicted octanol–water partition coefficient (Wildman–Crippen LogP) is 2.88. The van der Waals surface area contributed by atoms with Gasteiger partial charge in [0, 0.05) is 5.56 Å². The van der Waals surface area contributed by atoms with Crippen molar-refractivity contribution in [3.63, 3.8) is 0 Å². The van der Waals surface area contributed by atoms with Crippen LogP contribution in [-0.4, -0.2) is 11.6 Å². The Hall–Kier alpha value is -2.43. The molecule has 19 heavy (non-hydrogen) atoms. The molecule has 0 aliphatic heterocycles. The molecular formula is C14H5F3O2.